The van der Waals surface area contributed by atoms with E-state index in [1.165, 1.54) is 29.2 Å². The van der Waals surface area contributed by atoms with E-state index in [1.807, 2.05) is 0 Å². The topological polar surface area (TPSA) is 55.6 Å². The second kappa shape index (κ2) is 6.98. The summed E-state index contributed by atoms with van der Waals surface area (Å²) < 4.78 is 28.2. The maximum absolute atomic E-state index is 12.1. The Bertz CT molecular complexity index is 452. The fraction of sp³-hybridized carbons (Fsp3) is 0.333. The third kappa shape index (κ3) is 4.78. The van der Waals surface area contributed by atoms with E-state index in [1.54, 1.807) is 6.92 Å². The number of carbonyl (C=O) groups excluding carboxylic acids is 1. The average molecular weight is 288 g/mol. The first-order valence-electron chi connectivity index (χ1n) is 5.56. The molecule has 0 aliphatic rings. The lowest BCUT2D eigenvalue weighted by Gasteiger charge is -2.20. The van der Waals surface area contributed by atoms with Crippen LogP contribution in [-0.2, 0) is 0 Å². The van der Waals surface area contributed by atoms with Gasteiger partial charge in [0.15, 0.2) is 0 Å². The minimum absolute atomic E-state index is 0.00365. The standard InChI is InChI=1S/C12H14F2N2O2S/c1-2-16(7-10(15)19)11(17)8-3-5-9(6-4-8)18-12(13)14/h3-6,12H,2,7H2,1H3,(H2,15,19). The number of hydrogen-bond acceptors (Lipinski definition) is 3. The van der Waals surface area contributed by atoms with Crippen LogP contribution >= 0.6 is 12.2 Å². The molecule has 1 amide bonds. The summed E-state index contributed by atoms with van der Waals surface area (Å²) in [5.74, 6) is -0.261. The summed E-state index contributed by atoms with van der Waals surface area (Å²) in [5.41, 5.74) is 5.76. The van der Waals surface area contributed by atoms with Gasteiger partial charge >= 0.3 is 6.61 Å². The molecule has 0 aromatic heterocycles. The Kier molecular flexibility index (Phi) is 5.62. The van der Waals surface area contributed by atoms with E-state index >= 15 is 0 Å². The number of amides is 1. The third-order valence-corrected chi connectivity index (χ3v) is 2.47. The van der Waals surface area contributed by atoms with E-state index in [4.69, 9.17) is 18.0 Å². The molecule has 1 rings (SSSR count). The van der Waals surface area contributed by atoms with Crippen molar-refractivity contribution in [1.29, 1.82) is 0 Å². The van der Waals surface area contributed by atoms with Gasteiger partial charge in [0.05, 0.1) is 11.5 Å². The molecule has 1 aromatic carbocycles. The molecule has 0 fully saturated rings. The number of nitrogens with zero attached hydrogens (tertiary/aromatic N) is 1. The summed E-state index contributed by atoms with van der Waals surface area (Å²) >= 11 is 4.76. The Morgan fingerprint density at radius 2 is 2.00 bits per heavy atom. The minimum atomic E-state index is -2.89. The number of rotatable bonds is 6. The lowest BCUT2D eigenvalue weighted by molar-refractivity contribution is -0.0498. The van der Waals surface area contributed by atoms with Crippen molar-refractivity contribution >= 4 is 23.1 Å². The van der Waals surface area contributed by atoms with Crippen LogP contribution in [0, 0.1) is 0 Å². The first kappa shape index (κ1) is 15.3. The first-order valence-corrected chi connectivity index (χ1v) is 5.97. The predicted molar refractivity (Wildman–Crippen MR) is 71.4 cm³/mol. The zero-order chi connectivity index (χ0) is 14.4. The van der Waals surface area contributed by atoms with Crippen molar-refractivity contribution in [2.75, 3.05) is 13.1 Å². The molecule has 104 valence electrons. The number of halogens is 2. The molecule has 0 bridgehead atoms. The van der Waals surface area contributed by atoms with Gasteiger partial charge in [-0.05, 0) is 31.2 Å². The molecule has 0 radical (unpaired) electrons. The molecule has 19 heavy (non-hydrogen) atoms. The maximum atomic E-state index is 12.1. The number of nitrogens with two attached hydrogens (primary N) is 1. The van der Waals surface area contributed by atoms with Crippen LogP contribution in [0.5, 0.6) is 5.75 Å². The van der Waals surface area contributed by atoms with Gasteiger partial charge in [0.25, 0.3) is 5.91 Å². The highest BCUT2D eigenvalue weighted by Crippen LogP contribution is 2.16. The van der Waals surface area contributed by atoms with Gasteiger partial charge in [-0.2, -0.15) is 8.78 Å². The van der Waals surface area contributed by atoms with Gasteiger partial charge in [-0.25, -0.2) is 0 Å². The van der Waals surface area contributed by atoms with Crippen molar-refractivity contribution in [3.05, 3.63) is 29.8 Å². The molecule has 0 unspecified atom stereocenters. The minimum Gasteiger partial charge on any atom is -0.435 e. The highest BCUT2D eigenvalue weighted by atomic mass is 32.1. The van der Waals surface area contributed by atoms with Crippen LogP contribution in [0.4, 0.5) is 8.78 Å². The molecular formula is C12H14F2N2O2S. The number of ether oxygens (including phenoxy) is 1. The normalized spacial score (nSPS) is 10.3. The van der Waals surface area contributed by atoms with E-state index in [-0.39, 0.29) is 23.2 Å². The first-order chi connectivity index (χ1) is 8.93. The second-order valence-electron chi connectivity index (χ2n) is 3.69. The lowest BCUT2D eigenvalue weighted by Crippen LogP contribution is -2.37. The van der Waals surface area contributed by atoms with E-state index in [2.05, 4.69) is 4.74 Å². The summed E-state index contributed by atoms with van der Waals surface area (Å²) in [5, 5.41) is 0. The van der Waals surface area contributed by atoms with Crippen molar-refractivity contribution in [2.24, 2.45) is 5.73 Å². The SMILES string of the molecule is CCN(CC(N)=S)C(=O)c1ccc(OC(F)F)cc1. The molecule has 7 heteroatoms. The van der Waals surface area contributed by atoms with Crippen LogP contribution in [0.1, 0.15) is 17.3 Å². The van der Waals surface area contributed by atoms with E-state index in [9.17, 15) is 13.6 Å². The summed E-state index contributed by atoms with van der Waals surface area (Å²) in [6.07, 6.45) is 0. The van der Waals surface area contributed by atoms with Crippen LogP contribution in [0.15, 0.2) is 24.3 Å². The van der Waals surface area contributed by atoms with Crippen LogP contribution in [0.25, 0.3) is 0 Å². The quantitative estimate of drug-likeness (QED) is 0.814. The number of likely N-dealkylation sites (N-methyl/N-ethyl adjacent to an activating group) is 1. The van der Waals surface area contributed by atoms with Gasteiger partial charge in [-0.1, -0.05) is 12.2 Å². The maximum Gasteiger partial charge on any atom is 0.387 e. The summed E-state index contributed by atoms with van der Waals surface area (Å²) in [6, 6.07) is 5.46. The van der Waals surface area contributed by atoms with Crippen LogP contribution in [0.3, 0.4) is 0 Å². The largest absolute Gasteiger partial charge is 0.435 e. The molecule has 0 heterocycles. The smallest absolute Gasteiger partial charge is 0.387 e. The van der Waals surface area contributed by atoms with Crippen molar-refractivity contribution in [2.45, 2.75) is 13.5 Å². The van der Waals surface area contributed by atoms with E-state index in [0.717, 1.165) is 0 Å². The molecule has 0 aliphatic heterocycles. The van der Waals surface area contributed by atoms with Crippen molar-refractivity contribution < 1.29 is 18.3 Å². The Labute approximate surface area is 115 Å². The van der Waals surface area contributed by atoms with Gasteiger partial charge in [0, 0.05) is 12.1 Å². The highest BCUT2D eigenvalue weighted by molar-refractivity contribution is 7.80. The van der Waals surface area contributed by atoms with Crippen molar-refractivity contribution in [3.63, 3.8) is 0 Å². The molecule has 0 saturated carbocycles. The molecule has 4 nitrogen and oxygen atoms in total. The van der Waals surface area contributed by atoms with Gasteiger partial charge in [0.2, 0.25) is 0 Å². The summed E-state index contributed by atoms with van der Waals surface area (Å²) in [6.45, 7) is -0.459. The number of alkyl halides is 2. The van der Waals surface area contributed by atoms with Crippen LogP contribution in [-0.4, -0.2) is 35.5 Å². The summed E-state index contributed by atoms with van der Waals surface area (Å²) in [7, 11) is 0. The fourth-order valence-corrected chi connectivity index (χ4v) is 1.63. The Balaban J connectivity index is 2.78. The molecule has 1 aromatic rings. The third-order valence-electron chi connectivity index (χ3n) is 2.34. The monoisotopic (exact) mass is 288 g/mol. The fourth-order valence-electron chi connectivity index (χ4n) is 1.48. The Morgan fingerprint density at radius 1 is 1.42 bits per heavy atom. The van der Waals surface area contributed by atoms with Gasteiger partial charge in [-0.3, -0.25) is 4.79 Å². The number of benzene rings is 1. The predicted octanol–water partition coefficient (Wildman–Crippen LogP) is 2.04. The average Bonchev–Trinajstić information content (AvgIpc) is 2.35. The second-order valence-corrected chi connectivity index (χ2v) is 4.21. The van der Waals surface area contributed by atoms with E-state index in [0.29, 0.717) is 12.1 Å². The van der Waals surface area contributed by atoms with Gasteiger partial charge < -0.3 is 15.4 Å². The molecule has 0 saturated heterocycles. The number of thiocarbonyl (C=S) groups is 1. The van der Waals surface area contributed by atoms with Crippen LogP contribution in [0.2, 0.25) is 0 Å². The Hall–Kier alpha value is -1.76. The lowest BCUT2D eigenvalue weighted by atomic mass is 10.2. The Morgan fingerprint density at radius 3 is 2.42 bits per heavy atom. The molecular weight excluding hydrogens is 274 g/mol. The molecule has 0 aliphatic carbocycles. The molecule has 2 N–H and O–H groups in total. The number of hydrogen-bond donors (Lipinski definition) is 1. The van der Waals surface area contributed by atoms with Crippen LogP contribution < -0.4 is 10.5 Å². The highest BCUT2D eigenvalue weighted by Gasteiger charge is 2.15. The van der Waals surface area contributed by atoms with Crippen molar-refractivity contribution in [3.8, 4) is 5.75 Å². The molecule has 0 spiro atoms. The van der Waals surface area contributed by atoms with Gasteiger partial charge in [-0.15, -0.1) is 0 Å². The number of carbonyl (C=O) groups is 1. The molecule has 0 atom stereocenters. The summed E-state index contributed by atoms with van der Waals surface area (Å²) in [4.78, 5) is 13.7. The van der Waals surface area contributed by atoms with Crippen molar-refractivity contribution in [1.82, 2.24) is 4.90 Å². The van der Waals surface area contributed by atoms with Gasteiger partial charge in [0.1, 0.15) is 5.75 Å². The zero-order valence-corrected chi connectivity index (χ0v) is 11.1. The zero-order valence-electron chi connectivity index (χ0n) is 10.3. The van der Waals surface area contributed by atoms with E-state index < -0.39 is 6.61 Å².